The van der Waals surface area contributed by atoms with Gasteiger partial charge in [-0.1, -0.05) is 0 Å². The fourth-order valence-electron chi connectivity index (χ4n) is 3.76. The average molecular weight is 739 g/mol. The van der Waals surface area contributed by atoms with Crippen LogP contribution in [0.25, 0.3) is 0 Å². The third-order valence-electron chi connectivity index (χ3n) is 6.48. The predicted octanol–water partition coefficient (Wildman–Crippen LogP) is 4.52. The number of ether oxygens (including phenoxy) is 2. The Kier molecular flexibility index (Phi) is 11.3. The van der Waals surface area contributed by atoms with Gasteiger partial charge in [-0.3, -0.25) is 19.2 Å². The van der Waals surface area contributed by atoms with Gasteiger partial charge in [-0.25, -0.2) is 9.59 Å². The minimum atomic E-state index is -7.33. The minimum absolute atomic E-state index is 0.0872. The molecule has 48 heavy (non-hydrogen) atoms. The lowest BCUT2D eigenvalue weighted by Crippen LogP contribution is -2.67. The van der Waals surface area contributed by atoms with E-state index in [4.69, 9.17) is 0 Å². The highest BCUT2D eigenvalue weighted by Crippen LogP contribution is 2.53. The van der Waals surface area contributed by atoms with Crippen LogP contribution in [0.1, 0.15) is 51.2 Å². The van der Waals surface area contributed by atoms with E-state index in [0.717, 1.165) is 48.5 Å². The van der Waals surface area contributed by atoms with Crippen LogP contribution in [-0.4, -0.2) is 111 Å². The topological polar surface area (TPSA) is 151 Å². The van der Waals surface area contributed by atoms with Crippen molar-refractivity contribution in [2.45, 2.75) is 37.5 Å². The zero-order chi connectivity index (χ0) is 37.5. The van der Waals surface area contributed by atoms with Crippen molar-refractivity contribution in [3.8, 4) is 0 Å². The van der Waals surface area contributed by atoms with E-state index in [0.29, 0.717) is 0 Å². The fraction of sp³-hybridized carbons (Fsp3) is 0.462. The van der Waals surface area contributed by atoms with Gasteiger partial charge in [0, 0.05) is 28.2 Å². The second kappa shape index (κ2) is 13.6. The molecule has 266 valence electrons. The zero-order valence-electron chi connectivity index (χ0n) is 26.0. The molecule has 12 nitrogen and oxygen atoms in total. The third kappa shape index (κ3) is 6.54. The molecule has 0 aliphatic heterocycles. The second-order valence-corrected chi connectivity index (χ2v) is 12.2. The van der Waals surface area contributed by atoms with E-state index < -0.39 is 90.1 Å². The standard InChI is InChI=1S/C26H26F8N4O8S2/c1-9-11(19(41)45-7)15(47-13(9)17(39)37(3)4)35-21(43)23(27,28)25(31,32)26(33,34)24(29,30)22(44)36-16-12(20(42)46-8)10(2)14(48-16)18(40)38(5)6/h1-8H3,(H,35,43)(H,36,44). The highest BCUT2D eigenvalue weighted by molar-refractivity contribution is 7.19. The van der Waals surface area contributed by atoms with Crippen LogP contribution in [0.5, 0.6) is 0 Å². The molecule has 0 aliphatic carbocycles. The van der Waals surface area contributed by atoms with Crippen LogP contribution in [-0.2, 0) is 19.1 Å². The molecule has 22 heteroatoms. The van der Waals surface area contributed by atoms with Crippen molar-refractivity contribution in [3.05, 3.63) is 32.0 Å². The molecule has 0 unspecified atom stereocenters. The summed E-state index contributed by atoms with van der Waals surface area (Å²) in [5.74, 6) is -39.3. The number of amides is 4. The molecule has 0 saturated heterocycles. The number of nitrogens with zero attached hydrogens (tertiary/aromatic N) is 2. The van der Waals surface area contributed by atoms with Gasteiger partial charge in [0.1, 0.15) is 10.0 Å². The molecular formula is C26H26F8N4O8S2. The van der Waals surface area contributed by atoms with Crippen LogP contribution in [0.15, 0.2) is 0 Å². The number of nitrogens with one attached hydrogen (secondary N) is 2. The molecule has 0 bridgehead atoms. The maximum absolute atomic E-state index is 14.8. The number of anilines is 2. The molecule has 0 aromatic carbocycles. The number of hydrogen-bond donors (Lipinski definition) is 2. The Morgan fingerprint density at radius 3 is 1.08 bits per heavy atom. The Morgan fingerprint density at radius 2 is 0.854 bits per heavy atom. The van der Waals surface area contributed by atoms with Crippen molar-refractivity contribution in [3.63, 3.8) is 0 Å². The van der Waals surface area contributed by atoms with Crippen LogP contribution < -0.4 is 10.6 Å². The lowest BCUT2D eigenvalue weighted by Gasteiger charge is -2.35. The van der Waals surface area contributed by atoms with E-state index in [1.54, 1.807) is 0 Å². The lowest BCUT2D eigenvalue weighted by atomic mass is 9.97. The molecule has 2 aromatic heterocycles. The van der Waals surface area contributed by atoms with E-state index in [2.05, 4.69) is 9.47 Å². The molecule has 2 rings (SSSR count). The van der Waals surface area contributed by atoms with Crippen LogP contribution in [0, 0.1) is 13.8 Å². The third-order valence-corrected chi connectivity index (χ3v) is 8.87. The lowest BCUT2D eigenvalue weighted by molar-refractivity contribution is -0.345. The molecule has 2 N–H and O–H groups in total. The number of esters is 2. The van der Waals surface area contributed by atoms with Crippen molar-refractivity contribution in [2.24, 2.45) is 0 Å². The SMILES string of the molecule is COC(=O)c1c(NC(=O)C(F)(F)C(F)(F)C(F)(F)C(F)(F)C(=O)Nc2sc(C(=O)N(C)C)c(C)c2C(=O)OC)sc(C(=O)N(C)C)c1C. The van der Waals surface area contributed by atoms with Crippen LogP contribution in [0.2, 0.25) is 0 Å². The molecule has 0 atom stereocenters. The van der Waals surface area contributed by atoms with Crippen molar-refractivity contribution in [1.29, 1.82) is 0 Å². The van der Waals surface area contributed by atoms with E-state index in [1.807, 2.05) is 0 Å². The number of thiophene rings is 2. The number of rotatable bonds is 11. The smallest absolute Gasteiger partial charge is 0.393 e. The number of alkyl halides is 8. The van der Waals surface area contributed by atoms with E-state index in [-0.39, 0.29) is 33.8 Å². The number of carbonyl (C=O) groups excluding carboxylic acids is 6. The first-order valence-electron chi connectivity index (χ1n) is 12.8. The summed E-state index contributed by atoms with van der Waals surface area (Å²) < 4.78 is 127. The summed E-state index contributed by atoms with van der Waals surface area (Å²) >= 11 is 0.174. The summed E-state index contributed by atoms with van der Waals surface area (Å²) in [6, 6.07) is 0. The summed E-state index contributed by atoms with van der Waals surface area (Å²) in [6.45, 7) is 2.16. The summed E-state index contributed by atoms with van der Waals surface area (Å²) in [5, 5.41) is 0.0737. The van der Waals surface area contributed by atoms with E-state index in [9.17, 15) is 63.9 Å². The van der Waals surface area contributed by atoms with Gasteiger partial charge in [0.2, 0.25) is 0 Å². The normalized spacial score (nSPS) is 12.2. The Bertz CT molecular complexity index is 1550. The molecule has 2 heterocycles. The fourth-order valence-corrected chi connectivity index (χ4v) is 6.18. The van der Waals surface area contributed by atoms with Gasteiger partial charge in [0.05, 0.1) is 35.1 Å². The molecule has 0 radical (unpaired) electrons. The molecular weight excluding hydrogens is 712 g/mol. The number of methoxy groups -OCH3 is 2. The number of halogens is 8. The van der Waals surface area contributed by atoms with Crippen molar-refractivity contribution >= 4 is 68.2 Å². The maximum Gasteiger partial charge on any atom is 0.393 e. The van der Waals surface area contributed by atoms with Gasteiger partial charge < -0.3 is 29.9 Å². The summed E-state index contributed by atoms with van der Waals surface area (Å²) in [6.07, 6.45) is 0. The summed E-state index contributed by atoms with van der Waals surface area (Å²) in [7, 11) is 6.46. The van der Waals surface area contributed by atoms with E-state index >= 15 is 0 Å². The minimum Gasteiger partial charge on any atom is -0.465 e. The predicted molar refractivity (Wildman–Crippen MR) is 154 cm³/mol. The first kappa shape index (κ1) is 39.8. The number of hydrogen-bond acceptors (Lipinski definition) is 10. The Labute approximate surface area is 273 Å². The largest absolute Gasteiger partial charge is 0.465 e. The van der Waals surface area contributed by atoms with Gasteiger partial charge in [0.15, 0.2) is 0 Å². The van der Waals surface area contributed by atoms with Crippen molar-refractivity contribution in [2.75, 3.05) is 53.0 Å². The van der Waals surface area contributed by atoms with Gasteiger partial charge in [-0.2, -0.15) is 35.1 Å². The Morgan fingerprint density at radius 1 is 0.583 bits per heavy atom. The highest BCUT2D eigenvalue weighted by atomic mass is 32.1. The van der Waals surface area contributed by atoms with Gasteiger partial charge >= 0.3 is 47.4 Å². The van der Waals surface area contributed by atoms with Crippen LogP contribution in [0.3, 0.4) is 0 Å². The van der Waals surface area contributed by atoms with Crippen LogP contribution >= 0.6 is 22.7 Å². The monoisotopic (exact) mass is 738 g/mol. The average Bonchev–Trinajstić information content (AvgIpc) is 3.49. The second-order valence-electron chi connectivity index (χ2n) is 10.1. The Balaban J connectivity index is 2.56. The van der Waals surface area contributed by atoms with E-state index in [1.165, 1.54) is 28.2 Å². The summed E-state index contributed by atoms with van der Waals surface area (Å²) in [5.41, 5.74) is -2.21. The quantitative estimate of drug-likeness (QED) is 0.253. The van der Waals surface area contributed by atoms with Crippen LogP contribution in [0.4, 0.5) is 45.1 Å². The van der Waals surface area contributed by atoms with Gasteiger partial charge in [0.25, 0.3) is 11.8 Å². The molecule has 0 aliphatic rings. The molecule has 0 spiro atoms. The Hall–Kier alpha value is -4.34. The van der Waals surface area contributed by atoms with Gasteiger partial charge in [-0.15, -0.1) is 22.7 Å². The number of carbonyl (C=O) groups is 6. The van der Waals surface area contributed by atoms with Crippen molar-refractivity contribution < 1.29 is 73.4 Å². The highest BCUT2D eigenvalue weighted by Gasteiger charge is 2.84. The molecule has 4 amide bonds. The van der Waals surface area contributed by atoms with Crippen molar-refractivity contribution in [1.82, 2.24) is 9.80 Å². The molecule has 2 aromatic rings. The zero-order valence-corrected chi connectivity index (χ0v) is 27.6. The van der Waals surface area contributed by atoms with Gasteiger partial charge in [-0.05, 0) is 25.0 Å². The molecule has 0 saturated carbocycles. The first-order valence-corrected chi connectivity index (χ1v) is 14.4. The first-order chi connectivity index (χ1) is 21.8. The molecule has 0 fully saturated rings. The maximum atomic E-state index is 14.8. The summed E-state index contributed by atoms with van der Waals surface area (Å²) in [4.78, 5) is 75.1.